The van der Waals surface area contributed by atoms with Crippen LogP contribution in [0.15, 0.2) is 24.3 Å². The zero-order valence-electron chi connectivity index (χ0n) is 9.23. The van der Waals surface area contributed by atoms with Crippen molar-refractivity contribution in [2.24, 2.45) is 0 Å². The summed E-state index contributed by atoms with van der Waals surface area (Å²) in [5.74, 6) is 0.728. The van der Waals surface area contributed by atoms with Crippen molar-refractivity contribution in [2.45, 2.75) is 12.6 Å². The molecule has 1 aliphatic rings. The Bertz CT molecular complexity index is 355. The highest BCUT2D eigenvalue weighted by molar-refractivity contribution is 5.74. The summed E-state index contributed by atoms with van der Waals surface area (Å²) >= 11 is 0. The van der Waals surface area contributed by atoms with E-state index in [1.807, 2.05) is 6.92 Å². The summed E-state index contributed by atoms with van der Waals surface area (Å²) in [6.07, 6.45) is 0.813. The molecule has 1 fully saturated rings. The number of ether oxygens (including phenoxy) is 2. The van der Waals surface area contributed by atoms with Gasteiger partial charge in [0, 0.05) is 12.1 Å². The van der Waals surface area contributed by atoms with Gasteiger partial charge in [0.25, 0.3) is 0 Å². The number of hydrogen-bond donors (Lipinski definition) is 1. The van der Waals surface area contributed by atoms with Gasteiger partial charge in [-0.15, -0.1) is 0 Å². The molecule has 16 heavy (non-hydrogen) atoms. The summed E-state index contributed by atoms with van der Waals surface area (Å²) in [6.45, 7) is 3.95. The van der Waals surface area contributed by atoms with E-state index in [4.69, 9.17) is 9.47 Å². The van der Waals surface area contributed by atoms with Crippen molar-refractivity contribution in [2.75, 3.05) is 19.8 Å². The third kappa shape index (κ3) is 2.59. The first-order chi connectivity index (χ1) is 7.72. The molecule has 0 bridgehead atoms. The van der Waals surface area contributed by atoms with Crippen molar-refractivity contribution in [3.63, 3.8) is 0 Å². The number of aldehydes is 1. The summed E-state index contributed by atoms with van der Waals surface area (Å²) in [6, 6.07) is 7.03. The summed E-state index contributed by atoms with van der Waals surface area (Å²) in [5, 5.41) is 3.26. The van der Waals surface area contributed by atoms with Gasteiger partial charge in [-0.25, -0.2) is 0 Å². The smallest absolute Gasteiger partial charge is 0.181 e. The molecule has 4 nitrogen and oxygen atoms in total. The van der Waals surface area contributed by atoms with Gasteiger partial charge in [-0.1, -0.05) is 0 Å². The Labute approximate surface area is 94.6 Å². The second-order valence-corrected chi connectivity index (χ2v) is 4.00. The van der Waals surface area contributed by atoms with Gasteiger partial charge >= 0.3 is 0 Å². The van der Waals surface area contributed by atoms with E-state index >= 15 is 0 Å². The zero-order chi connectivity index (χ0) is 11.4. The lowest BCUT2D eigenvalue weighted by atomic mass is 10.2. The van der Waals surface area contributed by atoms with E-state index in [2.05, 4.69) is 5.32 Å². The van der Waals surface area contributed by atoms with Crippen molar-refractivity contribution in [3.8, 4) is 5.75 Å². The van der Waals surface area contributed by atoms with Gasteiger partial charge in [0.1, 0.15) is 18.6 Å². The Morgan fingerprint density at radius 3 is 2.75 bits per heavy atom. The molecule has 1 aromatic carbocycles. The summed E-state index contributed by atoms with van der Waals surface area (Å²) in [7, 11) is 0. The highest BCUT2D eigenvalue weighted by atomic mass is 16.6. The molecular weight excluding hydrogens is 206 g/mol. The quantitative estimate of drug-likeness (QED) is 0.779. The Morgan fingerprint density at radius 1 is 1.44 bits per heavy atom. The molecule has 1 heterocycles. The molecule has 1 saturated heterocycles. The van der Waals surface area contributed by atoms with Gasteiger partial charge in [-0.2, -0.15) is 0 Å². The lowest BCUT2D eigenvalue weighted by molar-refractivity contribution is -0.0702. The van der Waals surface area contributed by atoms with E-state index in [0.717, 1.165) is 18.6 Å². The molecule has 1 N–H and O–H groups in total. The number of hydrogen-bond acceptors (Lipinski definition) is 4. The fraction of sp³-hybridized carbons (Fsp3) is 0.417. The normalized spacial score (nSPS) is 25.1. The van der Waals surface area contributed by atoms with Crippen LogP contribution in [0.5, 0.6) is 5.75 Å². The second-order valence-electron chi connectivity index (χ2n) is 4.00. The third-order valence-corrected chi connectivity index (χ3v) is 2.48. The molecule has 1 aromatic rings. The number of benzene rings is 1. The van der Waals surface area contributed by atoms with Gasteiger partial charge < -0.3 is 9.47 Å². The minimum atomic E-state index is -0.485. The lowest BCUT2D eigenvalue weighted by Crippen LogP contribution is -2.56. The minimum Gasteiger partial charge on any atom is -0.471 e. The van der Waals surface area contributed by atoms with Crippen LogP contribution >= 0.6 is 0 Å². The standard InChI is InChI=1S/C12H15NO3/c1-12(9-15-7-6-13-12)16-11-4-2-10(8-14)3-5-11/h2-5,8,13H,6-7,9H2,1H3/t12-/m0/s1. The minimum absolute atomic E-state index is 0.485. The maximum absolute atomic E-state index is 10.5. The molecule has 1 atom stereocenters. The first-order valence-corrected chi connectivity index (χ1v) is 5.29. The molecule has 0 unspecified atom stereocenters. The summed E-state index contributed by atoms with van der Waals surface area (Å²) < 4.78 is 11.1. The summed E-state index contributed by atoms with van der Waals surface area (Å²) in [4.78, 5) is 10.5. The van der Waals surface area contributed by atoms with Gasteiger partial charge in [0.2, 0.25) is 0 Å². The van der Waals surface area contributed by atoms with Crippen LogP contribution < -0.4 is 10.1 Å². The van der Waals surface area contributed by atoms with Crippen LogP contribution in [-0.4, -0.2) is 31.8 Å². The van der Waals surface area contributed by atoms with Crippen LogP contribution in [0.1, 0.15) is 17.3 Å². The number of morpholine rings is 1. The topological polar surface area (TPSA) is 47.6 Å². The molecule has 0 aliphatic carbocycles. The maximum Gasteiger partial charge on any atom is 0.181 e. The number of nitrogens with one attached hydrogen (secondary N) is 1. The van der Waals surface area contributed by atoms with Crippen LogP contribution in [-0.2, 0) is 4.74 Å². The van der Waals surface area contributed by atoms with Crippen molar-refractivity contribution in [1.29, 1.82) is 0 Å². The van der Waals surface area contributed by atoms with Gasteiger partial charge in [0.05, 0.1) is 6.61 Å². The summed E-state index contributed by atoms with van der Waals surface area (Å²) in [5.41, 5.74) is 0.159. The SMILES string of the molecule is C[C@]1(Oc2ccc(C=O)cc2)COCCN1. The first-order valence-electron chi connectivity index (χ1n) is 5.29. The highest BCUT2D eigenvalue weighted by Gasteiger charge is 2.28. The average molecular weight is 221 g/mol. The zero-order valence-corrected chi connectivity index (χ0v) is 9.23. The van der Waals surface area contributed by atoms with Crippen molar-refractivity contribution in [1.82, 2.24) is 5.32 Å². The lowest BCUT2D eigenvalue weighted by Gasteiger charge is -2.35. The number of carbonyl (C=O) groups is 1. The maximum atomic E-state index is 10.5. The van der Waals surface area contributed by atoms with E-state index < -0.39 is 5.72 Å². The predicted octanol–water partition coefficient (Wildman–Crippen LogP) is 1.21. The second kappa shape index (κ2) is 4.63. The molecule has 0 amide bonds. The highest BCUT2D eigenvalue weighted by Crippen LogP contribution is 2.18. The van der Waals surface area contributed by atoms with E-state index in [1.54, 1.807) is 24.3 Å². The fourth-order valence-corrected chi connectivity index (χ4v) is 1.65. The van der Waals surface area contributed by atoms with Gasteiger partial charge in [0.15, 0.2) is 5.72 Å². The third-order valence-electron chi connectivity index (χ3n) is 2.48. The monoisotopic (exact) mass is 221 g/mol. The van der Waals surface area contributed by atoms with Gasteiger partial charge in [-0.05, 0) is 31.2 Å². The fourth-order valence-electron chi connectivity index (χ4n) is 1.65. The molecule has 0 saturated carbocycles. The molecule has 0 aromatic heterocycles. The first kappa shape index (κ1) is 11.1. The molecule has 0 radical (unpaired) electrons. The van der Waals surface area contributed by atoms with Crippen molar-refractivity contribution >= 4 is 6.29 Å². The van der Waals surface area contributed by atoms with E-state index in [1.165, 1.54) is 0 Å². The Morgan fingerprint density at radius 2 is 2.19 bits per heavy atom. The molecule has 0 spiro atoms. The van der Waals surface area contributed by atoms with Crippen molar-refractivity contribution in [3.05, 3.63) is 29.8 Å². The Balaban J connectivity index is 2.04. The Kier molecular flexibility index (Phi) is 3.22. The molecular formula is C12H15NO3. The van der Waals surface area contributed by atoms with E-state index in [9.17, 15) is 4.79 Å². The Hall–Kier alpha value is -1.39. The number of carbonyl (C=O) groups excluding carboxylic acids is 1. The van der Waals surface area contributed by atoms with Crippen LogP contribution in [0.25, 0.3) is 0 Å². The van der Waals surface area contributed by atoms with Crippen LogP contribution in [0.4, 0.5) is 0 Å². The molecule has 1 aliphatic heterocycles. The largest absolute Gasteiger partial charge is 0.471 e. The molecule has 86 valence electrons. The van der Waals surface area contributed by atoms with E-state index in [0.29, 0.717) is 18.8 Å². The van der Waals surface area contributed by atoms with Crippen LogP contribution in [0, 0.1) is 0 Å². The van der Waals surface area contributed by atoms with E-state index in [-0.39, 0.29) is 0 Å². The molecule has 4 heteroatoms. The average Bonchev–Trinajstić information content (AvgIpc) is 2.30. The predicted molar refractivity (Wildman–Crippen MR) is 59.7 cm³/mol. The number of rotatable bonds is 3. The molecule has 2 rings (SSSR count). The van der Waals surface area contributed by atoms with Crippen LogP contribution in [0.3, 0.4) is 0 Å². The van der Waals surface area contributed by atoms with Crippen LogP contribution in [0.2, 0.25) is 0 Å². The van der Waals surface area contributed by atoms with Crippen molar-refractivity contribution < 1.29 is 14.3 Å². The van der Waals surface area contributed by atoms with Gasteiger partial charge in [-0.3, -0.25) is 10.1 Å².